The fourth-order valence-electron chi connectivity index (χ4n) is 2.46. The lowest BCUT2D eigenvalue weighted by Crippen LogP contribution is -2.29. The van der Waals surface area contributed by atoms with Crippen molar-refractivity contribution in [2.75, 3.05) is 6.54 Å². The van der Waals surface area contributed by atoms with Crippen LogP contribution in [0.2, 0.25) is 5.15 Å². The van der Waals surface area contributed by atoms with Gasteiger partial charge in [0.2, 0.25) is 0 Å². The Morgan fingerprint density at radius 2 is 2.12 bits per heavy atom. The van der Waals surface area contributed by atoms with Crippen molar-refractivity contribution in [1.82, 2.24) is 10.3 Å². The molecule has 0 aliphatic heterocycles. The number of nitrogens with zero attached hydrogens (tertiary/aromatic N) is 1. The van der Waals surface area contributed by atoms with Gasteiger partial charge in [-0.05, 0) is 24.3 Å². The minimum Gasteiger partial charge on any atom is -0.312 e. The summed E-state index contributed by atoms with van der Waals surface area (Å²) in [6.07, 6.45) is 7.18. The molecule has 1 aromatic rings. The van der Waals surface area contributed by atoms with E-state index in [0.717, 1.165) is 18.7 Å². The first-order valence-electron chi connectivity index (χ1n) is 6.00. The fraction of sp³-hybridized carbons (Fsp3) is 0.615. The minimum absolute atomic E-state index is 0. The predicted molar refractivity (Wildman–Crippen MR) is 74.8 cm³/mol. The molecule has 4 heteroatoms. The second-order valence-electron chi connectivity index (χ2n) is 5.07. The standard InChI is InChI=1S/C13H19ClN2.ClH/c1-13(6-2-3-7-13)10-15-9-11-5-4-8-16-12(11)14;/h4-5,8,15H,2-3,6-7,9-10H2,1H3;1H. The maximum absolute atomic E-state index is 6.00. The van der Waals surface area contributed by atoms with E-state index in [1.54, 1.807) is 6.20 Å². The van der Waals surface area contributed by atoms with Gasteiger partial charge < -0.3 is 5.32 Å². The number of hydrogen-bond donors (Lipinski definition) is 1. The highest BCUT2D eigenvalue weighted by Crippen LogP contribution is 2.36. The molecule has 1 aliphatic rings. The second-order valence-corrected chi connectivity index (χ2v) is 5.43. The third kappa shape index (κ3) is 4.13. The van der Waals surface area contributed by atoms with E-state index in [4.69, 9.17) is 11.6 Å². The first-order valence-corrected chi connectivity index (χ1v) is 6.38. The Morgan fingerprint density at radius 1 is 1.41 bits per heavy atom. The smallest absolute Gasteiger partial charge is 0.133 e. The maximum Gasteiger partial charge on any atom is 0.133 e. The van der Waals surface area contributed by atoms with Crippen molar-refractivity contribution in [3.05, 3.63) is 29.0 Å². The Hall–Kier alpha value is -0.310. The number of aromatic nitrogens is 1. The quantitative estimate of drug-likeness (QED) is 0.845. The van der Waals surface area contributed by atoms with Crippen LogP contribution in [0.1, 0.15) is 38.2 Å². The van der Waals surface area contributed by atoms with Gasteiger partial charge in [0.05, 0.1) is 0 Å². The van der Waals surface area contributed by atoms with Gasteiger partial charge in [-0.3, -0.25) is 0 Å². The van der Waals surface area contributed by atoms with Gasteiger partial charge in [-0.15, -0.1) is 12.4 Å². The van der Waals surface area contributed by atoms with Gasteiger partial charge in [0.25, 0.3) is 0 Å². The third-order valence-corrected chi connectivity index (χ3v) is 3.85. The van der Waals surface area contributed by atoms with Gasteiger partial charge in [0.1, 0.15) is 5.15 Å². The van der Waals surface area contributed by atoms with Crippen molar-refractivity contribution < 1.29 is 0 Å². The van der Waals surface area contributed by atoms with Crippen LogP contribution in [-0.2, 0) is 6.54 Å². The van der Waals surface area contributed by atoms with Crippen LogP contribution < -0.4 is 5.32 Å². The Balaban J connectivity index is 0.00000144. The lowest BCUT2D eigenvalue weighted by atomic mass is 9.89. The highest BCUT2D eigenvalue weighted by molar-refractivity contribution is 6.30. The van der Waals surface area contributed by atoms with Gasteiger partial charge in [0, 0.05) is 24.8 Å². The molecular formula is C13H20Cl2N2. The summed E-state index contributed by atoms with van der Waals surface area (Å²) in [7, 11) is 0. The van der Waals surface area contributed by atoms with Crippen LogP contribution in [0.3, 0.4) is 0 Å². The average molecular weight is 275 g/mol. The third-order valence-electron chi connectivity index (χ3n) is 3.51. The predicted octanol–water partition coefficient (Wildman–Crippen LogP) is 3.83. The highest BCUT2D eigenvalue weighted by atomic mass is 35.5. The molecule has 1 N–H and O–H groups in total. The van der Waals surface area contributed by atoms with Crippen molar-refractivity contribution in [3.63, 3.8) is 0 Å². The molecule has 1 saturated carbocycles. The first-order chi connectivity index (χ1) is 7.70. The summed E-state index contributed by atoms with van der Waals surface area (Å²) < 4.78 is 0. The SMILES string of the molecule is CC1(CNCc2cccnc2Cl)CCCC1.Cl. The van der Waals surface area contributed by atoms with E-state index < -0.39 is 0 Å². The monoisotopic (exact) mass is 274 g/mol. The van der Waals surface area contributed by atoms with E-state index in [0.29, 0.717) is 10.6 Å². The minimum atomic E-state index is 0. The summed E-state index contributed by atoms with van der Waals surface area (Å²) in [5.41, 5.74) is 1.58. The van der Waals surface area contributed by atoms with Crippen LogP contribution in [0.15, 0.2) is 18.3 Å². The van der Waals surface area contributed by atoms with Crippen molar-refractivity contribution in [2.45, 2.75) is 39.2 Å². The Bertz CT molecular complexity index is 349. The van der Waals surface area contributed by atoms with Gasteiger partial charge in [-0.25, -0.2) is 4.98 Å². The lowest BCUT2D eigenvalue weighted by molar-refractivity contribution is 0.314. The van der Waals surface area contributed by atoms with Crippen LogP contribution in [0.25, 0.3) is 0 Å². The van der Waals surface area contributed by atoms with E-state index in [-0.39, 0.29) is 12.4 Å². The molecule has 0 radical (unpaired) electrons. The van der Waals surface area contributed by atoms with Crippen molar-refractivity contribution >= 4 is 24.0 Å². The second kappa shape index (κ2) is 6.58. The molecule has 0 atom stereocenters. The zero-order chi connectivity index (χ0) is 11.4. The van der Waals surface area contributed by atoms with Crippen LogP contribution in [0, 0.1) is 5.41 Å². The van der Waals surface area contributed by atoms with E-state index in [9.17, 15) is 0 Å². The zero-order valence-electron chi connectivity index (χ0n) is 10.2. The molecule has 1 aromatic heterocycles. The fourth-order valence-corrected chi connectivity index (χ4v) is 2.64. The molecule has 2 rings (SSSR count). The zero-order valence-corrected chi connectivity index (χ0v) is 11.8. The molecule has 1 aliphatic carbocycles. The summed E-state index contributed by atoms with van der Waals surface area (Å²) in [6, 6.07) is 3.96. The summed E-state index contributed by atoms with van der Waals surface area (Å²) in [4.78, 5) is 4.07. The van der Waals surface area contributed by atoms with Gasteiger partial charge in [-0.2, -0.15) is 0 Å². The molecule has 0 aromatic carbocycles. The van der Waals surface area contributed by atoms with E-state index in [1.807, 2.05) is 12.1 Å². The van der Waals surface area contributed by atoms with Crippen LogP contribution >= 0.6 is 24.0 Å². The molecule has 0 unspecified atom stereocenters. The highest BCUT2D eigenvalue weighted by Gasteiger charge is 2.27. The number of pyridine rings is 1. The Kier molecular flexibility index (Phi) is 5.71. The number of hydrogen-bond acceptors (Lipinski definition) is 2. The molecule has 0 bridgehead atoms. The van der Waals surface area contributed by atoms with E-state index >= 15 is 0 Å². The normalized spacial score (nSPS) is 17.8. The number of halogens is 2. The molecule has 96 valence electrons. The molecule has 0 saturated heterocycles. The molecule has 17 heavy (non-hydrogen) atoms. The van der Waals surface area contributed by atoms with E-state index in [2.05, 4.69) is 17.2 Å². The van der Waals surface area contributed by atoms with Gasteiger partial charge in [-0.1, -0.05) is 37.4 Å². The largest absolute Gasteiger partial charge is 0.312 e. The van der Waals surface area contributed by atoms with Gasteiger partial charge in [0.15, 0.2) is 0 Å². The molecule has 1 heterocycles. The first kappa shape index (κ1) is 14.7. The number of rotatable bonds is 4. The lowest BCUT2D eigenvalue weighted by Gasteiger charge is -2.23. The molecular weight excluding hydrogens is 255 g/mol. The summed E-state index contributed by atoms with van der Waals surface area (Å²) >= 11 is 6.00. The average Bonchev–Trinajstić information content (AvgIpc) is 2.68. The Morgan fingerprint density at radius 3 is 2.76 bits per heavy atom. The van der Waals surface area contributed by atoms with Crippen molar-refractivity contribution in [1.29, 1.82) is 0 Å². The molecule has 1 fully saturated rings. The summed E-state index contributed by atoms with van der Waals surface area (Å²) in [5, 5.41) is 4.12. The summed E-state index contributed by atoms with van der Waals surface area (Å²) in [6.45, 7) is 4.28. The van der Waals surface area contributed by atoms with Crippen LogP contribution in [0.5, 0.6) is 0 Å². The topological polar surface area (TPSA) is 24.9 Å². The van der Waals surface area contributed by atoms with Crippen molar-refractivity contribution in [2.24, 2.45) is 5.41 Å². The number of nitrogens with one attached hydrogen (secondary N) is 1. The van der Waals surface area contributed by atoms with Crippen molar-refractivity contribution in [3.8, 4) is 0 Å². The van der Waals surface area contributed by atoms with Crippen LogP contribution in [-0.4, -0.2) is 11.5 Å². The molecule has 0 amide bonds. The summed E-state index contributed by atoms with van der Waals surface area (Å²) in [5.74, 6) is 0. The maximum atomic E-state index is 6.00. The van der Waals surface area contributed by atoms with Gasteiger partial charge >= 0.3 is 0 Å². The molecule has 2 nitrogen and oxygen atoms in total. The Labute approximate surface area is 115 Å². The van der Waals surface area contributed by atoms with Crippen LogP contribution in [0.4, 0.5) is 0 Å². The van der Waals surface area contributed by atoms with E-state index in [1.165, 1.54) is 25.7 Å². The molecule has 0 spiro atoms.